The van der Waals surface area contributed by atoms with Crippen molar-refractivity contribution in [1.29, 1.82) is 0 Å². The van der Waals surface area contributed by atoms with Gasteiger partial charge in [0, 0.05) is 19.6 Å². The second kappa shape index (κ2) is 4.84. The number of hydrogen-bond donors (Lipinski definition) is 1. The third-order valence-electron chi connectivity index (χ3n) is 1.30. The van der Waals surface area contributed by atoms with Gasteiger partial charge in [-0.15, -0.1) is 10.2 Å². The molecule has 1 aromatic heterocycles. The minimum Gasteiger partial charge on any atom is -0.423 e. The van der Waals surface area contributed by atoms with Crippen molar-refractivity contribution in [2.45, 2.75) is 20.0 Å². The zero-order valence-electron chi connectivity index (χ0n) is 7.12. The predicted molar refractivity (Wildman–Crippen MR) is 42.4 cm³/mol. The van der Waals surface area contributed by atoms with Crippen LogP contribution >= 0.6 is 0 Å². The molecule has 0 aliphatic carbocycles. The van der Waals surface area contributed by atoms with E-state index >= 15 is 0 Å². The van der Waals surface area contributed by atoms with Crippen LogP contribution in [0, 0.1) is 0 Å². The van der Waals surface area contributed by atoms with E-state index in [4.69, 9.17) is 14.9 Å². The molecular formula is C7H13N3O2. The van der Waals surface area contributed by atoms with Gasteiger partial charge in [-0.25, -0.2) is 0 Å². The van der Waals surface area contributed by atoms with Crippen molar-refractivity contribution < 1.29 is 9.15 Å². The number of nitrogens with two attached hydrogens (primary N) is 1. The van der Waals surface area contributed by atoms with Crippen molar-refractivity contribution in [2.24, 2.45) is 5.73 Å². The first-order valence-electron chi connectivity index (χ1n) is 3.96. The Hall–Kier alpha value is -0.940. The van der Waals surface area contributed by atoms with Crippen molar-refractivity contribution in [3.05, 3.63) is 11.8 Å². The average molecular weight is 171 g/mol. The van der Waals surface area contributed by atoms with E-state index in [9.17, 15) is 0 Å². The third kappa shape index (κ3) is 2.60. The molecule has 1 heterocycles. The lowest BCUT2D eigenvalue weighted by atomic mass is 10.4. The van der Waals surface area contributed by atoms with Crippen LogP contribution in [0.4, 0.5) is 0 Å². The molecule has 0 aliphatic rings. The Bertz CT molecular complexity index is 224. The minimum absolute atomic E-state index is 0.383. The summed E-state index contributed by atoms with van der Waals surface area (Å²) >= 11 is 0. The number of aromatic nitrogens is 2. The van der Waals surface area contributed by atoms with Gasteiger partial charge in [-0.3, -0.25) is 0 Å². The van der Waals surface area contributed by atoms with E-state index in [0.717, 1.165) is 0 Å². The van der Waals surface area contributed by atoms with Crippen LogP contribution in [-0.4, -0.2) is 23.3 Å². The Labute approximate surface area is 70.9 Å². The molecule has 0 aromatic carbocycles. The normalized spacial score (nSPS) is 10.5. The van der Waals surface area contributed by atoms with E-state index in [2.05, 4.69) is 10.2 Å². The smallest absolute Gasteiger partial charge is 0.242 e. The fourth-order valence-electron chi connectivity index (χ4n) is 0.761. The Morgan fingerprint density at radius 1 is 1.42 bits per heavy atom. The second-order valence-corrected chi connectivity index (χ2v) is 2.27. The van der Waals surface area contributed by atoms with Crippen molar-refractivity contribution in [1.82, 2.24) is 10.2 Å². The zero-order chi connectivity index (χ0) is 8.81. The van der Waals surface area contributed by atoms with Gasteiger partial charge in [0.05, 0.1) is 0 Å². The first-order chi connectivity index (χ1) is 5.86. The Kier molecular flexibility index (Phi) is 3.69. The maximum absolute atomic E-state index is 5.31. The second-order valence-electron chi connectivity index (χ2n) is 2.27. The fraction of sp³-hybridized carbons (Fsp3) is 0.714. The summed E-state index contributed by atoms with van der Waals surface area (Å²) in [5.41, 5.74) is 5.31. The summed E-state index contributed by atoms with van der Waals surface area (Å²) in [6.45, 7) is 3.47. The van der Waals surface area contributed by atoms with Gasteiger partial charge in [-0.1, -0.05) is 0 Å². The molecule has 0 saturated heterocycles. The molecule has 1 aromatic rings. The molecule has 0 fully saturated rings. The van der Waals surface area contributed by atoms with Gasteiger partial charge >= 0.3 is 0 Å². The maximum Gasteiger partial charge on any atom is 0.242 e. The molecule has 0 saturated carbocycles. The first kappa shape index (κ1) is 9.15. The third-order valence-corrected chi connectivity index (χ3v) is 1.30. The van der Waals surface area contributed by atoms with Crippen molar-refractivity contribution in [2.75, 3.05) is 13.2 Å². The molecule has 1 rings (SSSR count). The van der Waals surface area contributed by atoms with Gasteiger partial charge in [0.2, 0.25) is 11.8 Å². The largest absolute Gasteiger partial charge is 0.423 e. The Morgan fingerprint density at radius 3 is 2.83 bits per heavy atom. The standard InChI is InChI=1S/C7H13N3O2/c1-2-11-5-7-10-9-6(12-7)3-4-8/h2-5,8H2,1H3. The molecule has 0 unspecified atom stereocenters. The summed E-state index contributed by atoms with van der Waals surface area (Å²) in [5, 5.41) is 7.56. The van der Waals surface area contributed by atoms with Crippen LogP contribution in [0.3, 0.4) is 0 Å². The van der Waals surface area contributed by atoms with E-state index in [-0.39, 0.29) is 0 Å². The highest BCUT2D eigenvalue weighted by Gasteiger charge is 2.03. The van der Waals surface area contributed by atoms with Crippen LogP contribution in [0.15, 0.2) is 4.42 Å². The molecule has 68 valence electrons. The van der Waals surface area contributed by atoms with E-state index in [0.29, 0.717) is 38.0 Å². The monoisotopic (exact) mass is 171 g/mol. The molecule has 12 heavy (non-hydrogen) atoms. The van der Waals surface area contributed by atoms with Crippen molar-refractivity contribution in [3.8, 4) is 0 Å². The lowest BCUT2D eigenvalue weighted by molar-refractivity contribution is 0.113. The fourth-order valence-corrected chi connectivity index (χ4v) is 0.761. The van der Waals surface area contributed by atoms with Crippen LogP contribution in [0.25, 0.3) is 0 Å². The summed E-state index contributed by atoms with van der Waals surface area (Å²) in [6, 6.07) is 0. The number of rotatable bonds is 5. The first-order valence-corrected chi connectivity index (χ1v) is 3.96. The van der Waals surface area contributed by atoms with Gasteiger partial charge < -0.3 is 14.9 Å². The van der Waals surface area contributed by atoms with Crippen molar-refractivity contribution >= 4 is 0 Å². The van der Waals surface area contributed by atoms with Gasteiger partial charge in [-0.05, 0) is 6.92 Å². The van der Waals surface area contributed by atoms with E-state index < -0.39 is 0 Å². The molecule has 5 nitrogen and oxygen atoms in total. The number of hydrogen-bond acceptors (Lipinski definition) is 5. The summed E-state index contributed by atoms with van der Waals surface area (Å²) in [4.78, 5) is 0. The molecule has 2 N–H and O–H groups in total. The maximum atomic E-state index is 5.31. The van der Waals surface area contributed by atoms with Gasteiger partial charge in [0.1, 0.15) is 6.61 Å². The van der Waals surface area contributed by atoms with Crippen LogP contribution in [0.5, 0.6) is 0 Å². The topological polar surface area (TPSA) is 74.2 Å². The predicted octanol–water partition coefficient (Wildman–Crippen LogP) is 0.107. The lowest BCUT2D eigenvalue weighted by Crippen LogP contribution is -2.02. The summed E-state index contributed by atoms with van der Waals surface area (Å²) in [6.07, 6.45) is 0.624. The quantitative estimate of drug-likeness (QED) is 0.680. The summed E-state index contributed by atoms with van der Waals surface area (Å²) in [5.74, 6) is 1.09. The molecule has 0 bridgehead atoms. The highest BCUT2D eigenvalue weighted by atomic mass is 16.5. The number of ether oxygens (including phenoxy) is 1. The molecule has 5 heteroatoms. The van der Waals surface area contributed by atoms with Crippen molar-refractivity contribution in [3.63, 3.8) is 0 Å². The SMILES string of the molecule is CCOCc1nnc(CCN)o1. The molecule has 0 radical (unpaired) electrons. The van der Waals surface area contributed by atoms with Crippen LogP contribution in [0.2, 0.25) is 0 Å². The van der Waals surface area contributed by atoms with Crippen LogP contribution in [-0.2, 0) is 17.8 Å². The molecule has 0 atom stereocenters. The highest BCUT2D eigenvalue weighted by molar-refractivity contribution is 4.80. The molecule has 0 aliphatic heterocycles. The average Bonchev–Trinajstić information content (AvgIpc) is 2.50. The van der Waals surface area contributed by atoms with E-state index in [1.54, 1.807) is 0 Å². The molecule has 0 spiro atoms. The van der Waals surface area contributed by atoms with E-state index in [1.165, 1.54) is 0 Å². The van der Waals surface area contributed by atoms with Crippen LogP contribution in [0.1, 0.15) is 18.7 Å². The molecular weight excluding hydrogens is 158 g/mol. The molecule has 0 amide bonds. The summed E-state index contributed by atoms with van der Waals surface area (Å²) in [7, 11) is 0. The van der Waals surface area contributed by atoms with E-state index in [1.807, 2.05) is 6.92 Å². The lowest BCUT2D eigenvalue weighted by Gasteiger charge is -1.93. The number of nitrogens with zero attached hydrogens (tertiary/aromatic N) is 2. The minimum atomic E-state index is 0.383. The van der Waals surface area contributed by atoms with Gasteiger partial charge in [0.15, 0.2) is 0 Å². The van der Waals surface area contributed by atoms with Crippen LogP contribution < -0.4 is 5.73 Å². The van der Waals surface area contributed by atoms with Gasteiger partial charge in [0.25, 0.3) is 0 Å². The van der Waals surface area contributed by atoms with Gasteiger partial charge in [-0.2, -0.15) is 0 Å². The zero-order valence-corrected chi connectivity index (χ0v) is 7.12. The Morgan fingerprint density at radius 2 is 2.17 bits per heavy atom. The Balaban J connectivity index is 2.41. The summed E-state index contributed by atoms with van der Waals surface area (Å²) < 4.78 is 10.3. The highest BCUT2D eigenvalue weighted by Crippen LogP contribution is 2.00.